The molecule has 16 heavy (non-hydrogen) atoms. The molecule has 0 N–H and O–H groups in total. The molecule has 2 aromatic rings. The summed E-state index contributed by atoms with van der Waals surface area (Å²) in [5.41, 5.74) is 1.06. The third-order valence-corrected chi connectivity index (χ3v) is 3.71. The van der Waals surface area contributed by atoms with Gasteiger partial charge in [-0.05, 0) is 40.9 Å². The van der Waals surface area contributed by atoms with E-state index in [-0.39, 0.29) is 0 Å². The summed E-state index contributed by atoms with van der Waals surface area (Å²) < 4.78 is 6.54. The zero-order valence-electron chi connectivity index (χ0n) is 8.39. The fourth-order valence-corrected chi connectivity index (χ4v) is 2.51. The predicted molar refractivity (Wildman–Crippen MR) is 66.7 cm³/mol. The molecule has 3 nitrogen and oxygen atoms in total. The first-order chi connectivity index (χ1) is 7.81. The minimum Gasteiger partial charge on any atom is -0.490 e. The molecule has 0 aliphatic heterocycles. The van der Waals surface area contributed by atoms with Crippen molar-refractivity contribution in [1.82, 2.24) is 10.2 Å². The van der Waals surface area contributed by atoms with Crippen molar-refractivity contribution in [3.05, 3.63) is 28.2 Å². The first-order valence-corrected chi connectivity index (χ1v) is 6.68. The van der Waals surface area contributed by atoms with Crippen molar-refractivity contribution in [3.63, 3.8) is 0 Å². The number of nitrogens with zero attached hydrogens (tertiary/aromatic N) is 2. The first-order valence-electron chi connectivity index (χ1n) is 5.07. The number of rotatable bonds is 3. The summed E-state index contributed by atoms with van der Waals surface area (Å²) >= 11 is 4.83. The van der Waals surface area contributed by atoms with Crippen LogP contribution < -0.4 is 4.74 Å². The van der Waals surface area contributed by atoms with E-state index in [1.165, 1.54) is 24.2 Å². The van der Waals surface area contributed by atoms with Crippen LogP contribution >= 0.6 is 27.3 Å². The van der Waals surface area contributed by atoms with Gasteiger partial charge >= 0.3 is 0 Å². The Morgan fingerprint density at radius 2 is 2.19 bits per heavy atom. The summed E-state index contributed by atoms with van der Waals surface area (Å²) in [6, 6.07) is 8.01. The van der Waals surface area contributed by atoms with Crippen molar-refractivity contribution in [2.75, 3.05) is 0 Å². The molecule has 1 heterocycles. The van der Waals surface area contributed by atoms with E-state index in [1.54, 1.807) is 0 Å². The fourth-order valence-electron chi connectivity index (χ4n) is 1.40. The zero-order valence-corrected chi connectivity index (χ0v) is 10.8. The Hall–Kier alpha value is -0.940. The molecule has 3 rings (SSSR count). The molecule has 1 aromatic carbocycles. The van der Waals surface area contributed by atoms with Crippen molar-refractivity contribution in [1.29, 1.82) is 0 Å². The van der Waals surface area contributed by atoms with E-state index in [9.17, 15) is 0 Å². The van der Waals surface area contributed by atoms with E-state index in [0.717, 1.165) is 20.2 Å². The summed E-state index contributed by atoms with van der Waals surface area (Å²) in [4.78, 5) is 0. The van der Waals surface area contributed by atoms with Crippen LogP contribution in [0, 0.1) is 0 Å². The lowest BCUT2D eigenvalue weighted by Gasteiger charge is -2.04. The molecule has 82 valence electrons. The van der Waals surface area contributed by atoms with Crippen LogP contribution in [0.5, 0.6) is 5.75 Å². The average molecular weight is 297 g/mol. The van der Waals surface area contributed by atoms with Crippen molar-refractivity contribution in [3.8, 4) is 16.3 Å². The number of ether oxygens (including phenoxy) is 1. The van der Waals surface area contributed by atoms with Gasteiger partial charge in [-0.1, -0.05) is 23.5 Å². The molecule has 0 amide bonds. The third-order valence-electron chi connectivity index (χ3n) is 2.31. The van der Waals surface area contributed by atoms with Crippen molar-refractivity contribution >= 4 is 27.3 Å². The number of benzene rings is 1. The molecule has 1 saturated carbocycles. The average Bonchev–Trinajstić information content (AvgIpc) is 2.98. The highest BCUT2D eigenvalue weighted by molar-refractivity contribution is 9.11. The topological polar surface area (TPSA) is 35.0 Å². The van der Waals surface area contributed by atoms with E-state index < -0.39 is 0 Å². The lowest BCUT2D eigenvalue weighted by atomic mass is 10.2. The van der Waals surface area contributed by atoms with Crippen LogP contribution in [0.3, 0.4) is 0 Å². The Kier molecular flexibility index (Phi) is 2.65. The van der Waals surface area contributed by atoms with Crippen molar-refractivity contribution in [2.24, 2.45) is 0 Å². The van der Waals surface area contributed by atoms with Gasteiger partial charge in [0.15, 0.2) is 3.92 Å². The quantitative estimate of drug-likeness (QED) is 0.869. The molecule has 0 spiro atoms. The summed E-state index contributed by atoms with van der Waals surface area (Å²) in [5, 5.41) is 8.94. The maximum atomic E-state index is 5.74. The Morgan fingerprint density at radius 1 is 1.31 bits per heavy atom. The van der Waals surface area contributed by atoms with Crippen molar-refractivity contribution in [2.45, 2.75) is 18.9 Å². The molecule has 5 heteroatoms. The van der Waals surface area contributed by atoms with Gasteiger partial charge in [-0.3, -0.25) is 0 Å². The van der Waals surface area contributed by atoms with Gasteiger partial charge in [-0.25, -0.2) is 0 Å². The standard InChI is InChI=1S/C11H9BrN2OS/c12-11-14-13-10(16-11)7-2-1-3-9(6-7)15-8-4-5-8/h1-3,6,8H,4-5H2. The number of aromatic nitrogens is 2. The number of hydrogen-bond acceptors (Lipinski definition) is 4. The van der Waals surface area contributed by atoms with Crippen LogP contribution in [0.15, 0.2) is 28.2 Å². The van der Waals surface area contributed by atoms with Gasteiger partial charge in [-0.15, -0.1) is 10.2 Å². The SMILES string of the molecule is Brc1nnc(-c2cccc(OC3CC3)c2)s1. The Bertz CT molecular complexity index is 510. The minimum atomic E-state index is 0.427. The Morgan fingerprint density at radius 3 is 2.88 bits per heavy atom. The zero-order chi connectivity index (χ0) is 11.0. The lowest BCUT2D eigenvalue weighted by molar-refractivity contribution is 0.303. The normalized spacial score (nSPS) is 15.1. The highest BCUT2D eigenvalue weighted by atomic mass is 79.9. The molecule has 0 unspecified atom stereocenters. The largest absolute Gasteiger partial charge is 0.490 e. The van der Waals surface area contributed by atoms with Crippen LogP contribution in [-0.2, 0) is 0 Å². The summed E-state index contributed by atoms with van der Waals surface area (Å²) in [7, 11) is 0. The number of hydrogen-bond donors (Lipinski definition) is 0. The van der Waals surface area contributed by atoms with Gasteiger partial charge in [0, 0.05) is 5.56 Å². The molecule has 1 fully saturated rings. The van der Waals surface area contributed by atoms with Gasteiger partial charge in [0.25, 0.3) is 0 Å². The summed E-state index contributed by atoms with van der Waals surface area (Å²) in [6.07, 6.45) is 2.78. The molecule has 1 aliphatic carbocycles. The molecular weight excluding hydrogens is 288 g/mol. The second-order valence-electron chi connectivity index (χ2n) is 3.71. The molecule has 0 radical (unpaired) electrons. The lowest BCUT2D eigenvalue weighted by Crippen LogP contribution is -1.95. The van der Waals surface area contributed by atoms with Gasteiger partial charge in [0.05, 0.1) is 6.10 Å². The van der Waals surface area contributed by atoms with E-state index in [1.807, 2.05) is 24.3 Å². The number of halogens is 1. The molecule has 1 aliphatic rings. The van der Waals surface area contributed by atoms with Crippen LogP contribution in [0.2, 0.25) is 0 Å². The fraction of sp³-hybridized carbons (Fsp3) is 0.273. The Balaban J connectivity index is 1.88. The van der Waals surface area contributed by atoms with Crippen LogP contribution in [0.25, 0.3) is 10.6 Å². The highest BCUT2D eigenvalue weighted by Gasteiger charge is 2.23. The van der Waals surface area contributed by atoms with Gasteiger partial charge in [-0.2, -0.15) is 0 Å². The smallest absolute Gasteiger partial charge is 0.183 e. The monoisotopic (exact) mass is 296 g/mol. The second kappa shape index (κ2) is 4.14. The highest BCUT2D eigenvalue weighted by Crippen LogP contribution is 2.31. The second-order valence-corrected chi connectivity index (χ2v) is 5.96. The minimum absolute atomic E-state index is 0.427. The molecule has 1 aromatic heterocycles. The van der Waals surface area contributed by atoms with Crippen molar-refractivity contribution < 1.29 is 4.74 Å². The maximum absolute atomic E-state index is 5.74. The Labute approximate surface area is 106 Å². The van der Waals surface area contributed by atoms with E-state index >= 15 is 0 Å². The predicted octanol–water partition coefficient (Wildman–Crippen LogP) is 3.51. The third kappa shape index (κ3) is 2.25. The van der Waals surface area contributed by atoms with E-state index in [4.69, 9.17) is 4.74 Å². The van der Waals surface area contributed by atoms with Gasteiger partial charge in [0.1, 0.15) is 10.8 Å². The molecule has 0 bridgehead atoms. The summed E-state index contributed by atoms with van der Waals surface area (Å²) in [6.45, 7) is 0. The van der Waals surface area contributed by atoms with Gasteiger partial charge < -0.3 is 4.74 Å². The molecular formula is C11H9BrN2OS. The first kappa shape index (κ1) is 10.2. The van der Waals surface area contributed by atoms with Crippen LogP contribution in [0.1, 0.15) is 12.8 Å². The van der Waals surface area contributed by atoms with Crippen LogP contribution in [-0.4, -0.2) is 16.3 Å². The summed E-state index contributed by atoms with van der Waals surface area (Å²) in [5.74, 6) is 0.923. The molecule has 0 saturated heterocycles. The van der Waals surface area contributed by atoms with E-state index in [0.29, 0.717) is 6.10 Å². The maximum Gasteiger partial charge on any atom is 0.183 e. The van der Waals surface area contributed by atoms with Crippen LogP contribution in [0.4, 0.5) is 0 Å². The van der Waals surface area contributed by atoms with E-state index in [2.05, 4.69) is 26.1 Å². The van der Waals surface area contributed by atoms with Gasteiger partial charge in [0.2, 0.25) is 0 Å². The molecule has 0 atom stereocenters.